The summed E-state index contributed by atoms with van der Waals surface area (Å²) in [5.74, 6) is 2.14. The van der Waals surface area contributed by atoms with Crippen molar-refractivity contribution in [3.8, 4) is 0 Å². The lowest BCUT2D eigenvalue weighted by molar-refractivity contribution is -0.115. The third kappa shape index (κ3) is 4.05. The molecule has 128 valence electrons. The average Bonchev–Trinajstić information content (AvgIpc) is 3.32. The predicted molar refractivity (Wildman–Crippen MR) is 98.1 cm³/mol. The summed E-state index contributed by atoms with van der Waals surface area (Å²) < 4.78 is 2.14. The molecule has 0 spiro atoms. The van der Waals surface area contributed by atoms with Gasteiger partial charge in [-0.15, -0.1) is 10.2 Å². The highest BCUT2D eigenvalue weighted by Crippen LogP contribution is 2.40. The summed E-state index contributed by atoms with van der Waals surface area (Å²) in [7, 11) is 0. The van der Waals surface area contributed by atoms with Crippen molar-refractivity contribution < 1.29 is 4.79 Å². The van der Waals surface area contributed by atoms with Gasteiger partial charge in [-0.25, -0.2) is 0 Å². The molecule has 1 amide bonds. The molecule has 1 heterocycles. The van der Waals surface area contributed by atoms with Gasteiger partial charge in [-0.3, -0.25) is 4.79 Å². The number of nitrogens with one attached hydrogen (secondary N) is 1. The Labute approximate surface area is 155 Å². The number of aromatic nitrogens is 3. The quantitative estimate of drug-likeness (QED) is 0.708. The van der Waals surface area contributed by atoms with Crippen molar-refractivity contribution in [2.75, 3.05) is 11.1 Å². The zero-order valence-electron chi connectivity index (χ0n) is 13.3. The Balaban J connectivity index is 1.54. The Kier molecular flexibility index (Phi) is 5.69. The van der Waals surface area contributed by atoms with Crippen molar-refractivity contribution in [2.45, 2.75) is 43.8 Å². The van der Waals surface area contributed by atoms with Crippen LogP contribution in [0.15, 0.2) is 23.4 Å². The molecule has 2 aromatic rings. The maximum Gasteiger partial charge on any atom is 0.225 e. The van der Waals surface area contributed by atoms with Gasteiger partial charge in [0.05, 0.1) is 15.7 Å². The van der Waals surface area contributed by atoms with E-state index in [4.69, 9.17) is 23.2 Å². The van der Waals surface area contributed by atoms with Gasteiger partial charge in [-0.05, 0) is 31.9 Å². The van der Waals surface area contributed by atoms with Crippen molar-refractivity contribution in [1.29, 1.82) is 0 Å². The molecular weight excluding hydrogens is 367 g/mol. The Morgan fingerprint density at radius 1 is 1.33 bits per heavy atom. The SMILES string of the molecule is CCn1c(SCCC(=O)Nc2c(Cl)cccc2Cl)nnc1C1CC1. The van der Waals surface area contributed by atoms with Gasteiger partial charge >= 0.3 is 0 Å². The molecule has 1 aliphatic carbocycles. The Hall–Kier alpha value is -1.24. The van der Waals surface area contributed by atoms with Gasteiger partial charge in [0, 0.05) is 24.6 Å². The molecule has 0 saturated heterocycles. The lowest BCUT2D eigenvalue weighted by Gasteiger charge is -2.09. The average molecular weight is 385 g/mol. The van der Waals surface area contributed by atoms with E-state index < -0.39 is 0 Å². The van der Waals surface area contributed by atoms with Crippen LogP contribution < -0.4 is 5.32 Å². The minimum Gasteiger partial charge on any atom is -0.324 e. The van der Waals surface area contributed by atoms with Gasteiger partial charge in [0.25, 0.3) is 0 Å². The molecule has 1 saturated carbocycles. The molecule has 0 atom stereocenters. The first-order valence-corrected chi connectivity index (χ1v) is 9.64. The van der Waals surface area contributed by atoms with E-state index in [1.807, 2.05) is 0 Å². The second kappa shape index (κ2) is 7.76. The number of hydrogen-bond donors (Lipinski definition) is 1. The Bertz CT molecular complexity index is 725. The zero-order valence-corrected chi connectivity index (χ0v) is 15.6. The first-order chi connectivity index (χ1) is 11.6. The fraction of sp³-hybridized carbons (Fsp3) is 0.438. The first-order valence-electron chi connectivity index (χ1n) is 7.90. The van der Waals surface area contributed by atoms with Crippen LogP contribution in [0.4, 0.5) is 5.69 Å². The summed E-state index contributed by atoms with van der Waals surface area (Å²) >= 11 is 13.7. The molecule has 1 aromatic carbocycles. The number of nitrogens with zero attached hydrogens (tertiary/aromatic N) is 3. The Morgan fingerprint density at radius 2 is 2.04 bits per heavy atom. The van der Waals surface area contributed by atoms with Crippen LogP contribution in [-0.2, 0) is 11.3 Å². The second-order valence-corrected chi connectivity index (χ2v) is 7.48. The van der Waals surface area contributed by atoms with Gasteiger partial charge in [-0.1, -0.05) is 41.0 Å². The molecule has 1 aliphatic rings. The highest BCUT2D eigenvalue weighted by atomic mass is 35.5. The van der Waals surface area contributed by atoms with E-state index in [0.717, 1.165) is 17.5 Å². The molecule has 0 aliphatic heterocycles. The minimum atomic E-state index is -0.123. The normalized spacial score (nSPS) is 14.0. The summed E-state index contributed by atoms with van der Waals surface area (Å²) in [6.07, 6.45) is 2.75. The topological polar surface area (TPSA) is 59.8 Å². The van der Waals surface area contributed by atoms with Crippen LogP contribution in [0.1, 0.15) is 37.9 Å². The van der Waals surface area contributed by atoms with Crippen LogP contribution in [0.5, 0.6) is 0 Å². The molecule has 1 fully saturated rings. The maximum atomic E-state index is 12.1. The number of amides is 1. The highest BCUT2D eigenvalue weighted by Gasteiger charge is 2.29. The van der Waals surface area contributed by atoms with Crippen molar-refractivity contribution >= 4 is 46.6 Å². The molecule has 1 N–H and O–H groups in total. The van der Waals surface area contributed by atoms with Crippen LogP contribution in [0.25, 0.3) is 0 Å². The van der Waals surface area contributed by atoms with Crippen molar-refractivity contribution in [3.05, 3.63) is 34.1 Å². The van der Waals surface area contributed by atoms with Crippen LogP contribution in [0.3, 0.4) is 0 Å². The molecule has 8 heteroatoms. The monoisotopic (exact) mass is 384 g/mol. The van der Waals surface area contributed by atoms with E-state index in [9.17, 15) is 4.79 Å². The predicted octanol–water partition coefficient (Wildman–Crippen LogP) is 4.60. The summed E-state index contributed by atoms with van der Waals surface area (Å²) in [5, 5.41) is 13.1. The second-order valence-electron chi connectivity index (χ2n) is 5.60. The molecule has 0 radical (unpaired) electrons. The van der Waals surface area contributed by atoms with E-state index >= 15 is 0 Å². The lowest BCUT2D eigenvalue weighted by atomic mass is 10.3. The van der Waals surface area contributed by atoms with Crippen molar-refractivity contribution in [2.24, 2.45) is 0 Å². The third-order valence-corrected chi connectivity index (χ3v) is 5.39. The van der Waals surface area contributed by atoms with Crippen LogP contribution in [-0.4, -0.2) is 26.4 Å². The molecule has 1 aromatic heterocycles. The van der Waals surface area contributed by atoms with Crippen LogP contribution in [0.2, 0.25) is 10.0 Å². The Morgan fingerprint density at radius 3 is 2.67 bits per heavy atom. The summed E-state index contributed by atoms with van der Waals surface area (Å²) in [5.41, 5.74) is 0.462. The number of rotatable bonds is 7. The van der Waals surface area contributed by atoms with Crippen molar-refractivity contribution in [3.63, 3.8) is 0 Å². The molecule has 0 bridgehead atoms. The van der Waals surface area contributed by atoms with Gasteiger partial charge in [0.15, 0.2) is 5.16 Å². The van der Waals surface area contributed by atoms with Crippen molar-refractivity contribution in [1.82, 2.24) is 14.8 Å². The van der Waals surface area contributed by atoms with E-state index in [1.165, 1.54) is 12.8 Å². The lowest BCUT2D eigenvalue weighted by Crippen LogP contribution is -2.13. The van der Waals surface area contributed by atoms with Gasteiger partial charge < -0.3 is 9.88 Å². The fourth-order valence-electron chi connectivity index (χ4n) is 2.40. The number of benzene rings is 1. The van der Waals surface area contributed by atoms with E-state index in [1.54, 1.807) is 30.0 Å². The number of halogens is 2. The fourth-order valence-corrected chi connectivity index (χ4v) is 3.84. The number of carbonyl (C=O) groups is 1. The number of thioether (sulfide) groups is 1. The minimum absolute atomic E-state index is 0.123. The van der Waals surface area contributed by atoms with Crippen LogP contribution >= 0.6 is 35.0 Å². The summed E-state index contributed by atoms with van der Waals surface area (Å²) in [4.78, 5) is 12.1. The van der Waals surface area contributed by atoms with E-state index in [0.29, 0.717) is 33.8 Å². The highest BCUT2D eigenvalue weighted by molar-refractivity contribution is 7.99. The molecule has 3 rings (SSSR count). The zero-order chi connectivity index (χ0) is 17.1. The molecule has 5 nitrogen and oxygen atoms in total. The van der Waals surface area contributed by atoms with E-state index in [2.05, 4.69) is 27.0 Å². The molecular formula is C16H18Cl2N4OS. The molecule has 0 unspecified atom stereocenters. The smallest absolute Gasteiger partial charge is 0.225 e. The number of para-hydroxylation sites is 1. The standard InChI is InChI=1S/C16H18Cl2N4OS/c1-2-22-15(10-6-7-10)20-21-16(22)24-9-8-13(23)19-14-11(17)4-3-5-12(14)18/h3-5,10H,2,6-9H2,1H3,(H,19,23). The summed E-state index contributed by atoms with van der Waals surface area (Å²) in [6.45, 7) is 2.94. The maximum absolute atomic E-state index is 12.1. The first kappa shape index (κ1) is 17.6. The van der Waals surface area contributed by atoms with Gasteiger partial charge in [0.1, 0.15) is 5.82 Å². The summed E-state index contributed by atoms with van der Waals surface area (Å²) in [6, 6.07) is 5.13. The molecule has 24 heavy (non-hydrogen) atoms. The van der Waals surface area contributed by atoms with Crippen LogP contribution in [0, 0.1) is 0 Å². The van der Waals surface area contributed by atoms with E-state index in [-0.39, 0.29) is 5.91 Å². The number of hydrogen-bond acceptors (Lipinski definition) is 4. The van der Waals surface area contributed by atoms with Gasteiger partial charge in [0.2, 0.25) is 5.91 Å². The number of carbonyl (C=O) groups excluding carboxylic acids is 1. The number of anilines is 1. The largest absolute Gasteiger partial charge is 0.324 e. The third-order valence-electron chi connectivity index (χ3n) is 3.79. The van der Waals surface area contributed by atoms with Gasteiger partial charge in [-0.2, -0.15) is 0 Å².